The van der Waals surface area contributed by atoms with Crippen molar-refractivity contribution in [2.24, 2.45) is 0 Å². The summed E-state index contributed by atoms with van der Waals surface area (Å²) >= 11 is 11.9. The number of pyridine rings is 1. The van der Waals surface area contributed by atoms with Crippen molar-refractivity contribution in [1.82, 2.24) is 19.9 Å². The van der Waals surface area contributed by atoms with E-state index in [-0.39, 0.29) is 6.10 Å². The number of halogens is 2. The normalized spacial score (nSPS) is 22.9. The van der Waals surface area contributed by atoms with Crippen LogP contribution in [0.3, 0.4) is 0 Å². The molecule has 1 saturated heterocycles. The summed E-state index contributed by atoms with van der Waals surface area (Å²) in [6, 6.07) is 3.91. The van der Waals surface area contributed by atoms with Crippen molar-refractivity contribution < 1.29 is 5.11 Å². The number of rotatable bonds is 7. The summed E-state index contributed by atoms with van der Waals surface area (Å²) in [6.07, 6.45) is 9.13. The third-order valence-corrected chi connectivity index (χ3v) is 6.64. The van der Waals surface area contributed by atoms with Crippen molar-refractivity contribution in [1.29, 1.82) is 0 Å². The Balaban J connectivity index is 1.53. The molecule has 4 rings (SSSR count). The lowest BCUT2D eigenvalue weighted by Crippen LogP contribution is -2.35. The zero-order chi connectivity index (χ0) is 21.6. The number of hydrogen-bond acceptors (Lipinski definition) is 7. The summed E-state index contributed by atoms with van der Waals surface area (Å²) < 4.78 is 0. The van der Waals surface area contributed by atoms with Gasteiger partial charge >= 0.3 is 0 Å². The molecule has 1 aliphatic heterocycles. The lowest BCUT2D eigenvalue weighted by atomic mass is 9.89. The molecule has 2 aromatic heterocycles. The Morgan fingerprint density at radius 2 is 1.87 bits per heavy atom. The summed E-state index contributed by atoms with van der Waals surface area (Å²) in [5.41, 5.74) is 1.98. The Labute approximate surface area is 193 Å². The number of likely N-dealkylation sites (tertiary alicyclic amines) is 1. The molecule has 0 unspecified atom stereocenters. The molecule has 0 bridgehead atoms. The molecule has 2 fully saturated rings. The van der Waals surface area contributed by atoms with Crippen molar-refractivity contribution >= 4 is 40.7 Å². The standard InChI is InChI=1S/C22H30Cl2N6O/c23-8-12-30-10-6-15(7-11-30)19-14-26-22(28-17-5-9-25-20(24)13-17)29-21(19)27-16-1-3-18(31)4-2-16/h5,9,13-16,18,31H,1-4,6-8,10-12H2,(H2,25,26,27,28,29)/t16-,18-. The lowest BCUT2D eigenvalue weighted by molar-refractivity contribution is 0.126. The van der Waals surface area contributed by atoms with E-state index in [9.17, 15) is 5.11 Å². The third kappa shape index (κ3) is 6.19. The second-order valence-corrected chi connectivity index (χ2v) is 9.21. The molecule has 3 heterocycles. The van der Waals surface area contributed by atoms with E-state index in [0.29, 0.717) is 28.9 Å². The number of anilines is 3. The molecule has 7 nitrogen and oxygen atoms in total. The second kappa shape index (κ2) is 10.8. The highest BCUT2D eigenvalue weighted by atomic mass is 35.5. The summed E-state index contributed by atoms with van der Waals surface area (Å²) in [7, 11) is 0. The SMILES string of the molecule is O[C@H]1CC[C@H](Nc2nc(Nc3ccnc(Cl)c3)ncc2C2CCN(CCCl)CC2)CC1. The van der Waals surface area contributed by atoms with Crippen LogP contribution in [0.15, 0.2) is 24.5 Å². The first kappa shape index (κ1) is 22.5. The van der Waals surface area contributed by atoms with E-state index in [4.69, 9.17) is 28.2 Å². The maximum Gasteiger partial charge on any atom is 0.229 e. The van der Waals surface area contributed by atoms with Gasteiger partial charge in [0.05, 0.1) is 6.10 Å². The molecule has 0 amide bonds. The summed E-state index contributed by atoms with van der Waals surface area (Å²) in [6.45, 7) is 3.03. The van der Waals surface area contributed by atoms with Crippen LogP contribution < -0.4 is 10.6 Å². The van der Waals surface area contributed by atoms with Gasteiger partial charge in [-0.2, -0.15) is 4.98 Å². The van der Waals surface area contributed by atoms with Crippen LogP contribution in [0.25, 0.3) is 0 Å². The smallest absolute Gasteiger partial charge is 0.229 e. The topological polar surface area (TPSA) is 86.2 Å². The van der Waals surface area contributed by atoms with Gasteiger partial charge in [-0.05, 0) is 69.7 Å². The van der Waals surface area contributed by atoms with E-state index in [1.54, 1.807) is 12.3 Å². The number of aromatic nitrogens is 3. The molecule has 0 radical (unpaired) electrons. The van der Waals surface area contributed by atoms with Crippen molar-refractivity contribution in [2.75, 3.05) is 36.1 Å². The van der Waals surface area contributed by atoms with E-state index in [0.717, 1.165) is 69.7 Å². The molecule has 31 heavy (non-hydrogen) atoms. The van der Waals surface area contributed by atoms with E-state index < -0.39 is 0 Å². The largest absolute Gasteiger partial charge is 0.393 e. The minimum absolute atomic E-state index is 0.178. The maximum atomic E-state index is 9.86. The van der Waals surface area contributed by atoms with E-state index in [1.807, 2.05) is 12.3 Å². The van der Waals surface area contributed by atoms with Gasteiger partial charge < -0.3 is 20.6 Å². The number of piperidine rings is 1. The van der Waals surface area contributed by atoms with Crippen LogP contribution in [0.4, 0.5) is 17.5 Å². The van der Waals surface area contributed by atoms with Gasteiger partial charge in [0.15, 0.2) is 0 Å². The summed E-state index contributed by atoms with van der Waals surface area (Å²) in [5.74, 6) is 2.53. The molecule has 1 saturated carbocycles. The zero-order valence-electron chi connectivity index (χ0n) is 17.6. The number of alkyl halides is 1. The van der Waals surface area contributed by atoms with Crippen LogP contribution in [0, 0.1) is 0 Å². The van der Waals surface area contributed by atoms with Crippen LogP contribution in [0.5, 0.6) is 0 Å². The van der Waals surface area contributed by atoms with Crippen molar-refractivity contribution in [3.05, 3.63) is 35.2 Å². The van der Waals surface area contributed by atoms with Crippen molar-refractivity contribution in [2.45, 2.75) is 56.6 Å². The minimum Gasteiger partial charge on any atom is -0.393 e. The first-order valence-electron chi connectivity index (χ1n) is 11.1. The first-order chi connectivity index (χ1) is 15.1. The molecule has 1 aliphatic carbocycles. The Kier molecular flexibility index (Phi) is 7.82. The highest BCUT2D eigenvalue weighted by molar-refractivity contribution is 6.29. The third-order valence-electron chi connectivity index (χ3n) is 6.27. The van der Waals surface area contributed by atoms with Gasteiger partial charge in [-0.1, -0.05) is 11.6 Å². The summed E-state index contributed by atoms with van der Waals surface area (Å²) in [4.78, 5) is 15.9. The fourth-order valence-electron chi connectivity index (χ4n) is 4.48. The molecule has 0 spiro atoms. The predicted molar refractivity (Wildman–Crippen MR) is 126 cm³/mol. The Hall–Kier alpha value is -1.67. The Bertz CT molecular complexity index is 854. The molecule has 0 aromatic carbocycles. The molecule has 2 aliphatic rings. The minimum atomic E-state index is -0.178. The maximum absolute atomic E-state index is 9.86. The van der Waals surface area contributed by atoms with Crippen LogP contribution in [-0.4, -0.2) is 62.6 Å². The molecule has 9 heteroatoms. The van der Waals surface area contributed by atoms with E-state index in [1.165, 1.54) is 5.56 Å². The molecule has 168 valence electrons. The zero-order valence-corrected chi connectivity index (χ0v) is 19.1. The van der Waals surface area contributed by atoms with Gasteiger partial charge in [-0.25, -0.2) is 9.97 Å². The average Bonchev–Trinajstić information content (AvgIpc) is 2.77. The molecule has 0 atom stereocenters. The number of nitrogens with zero attached hydrogens (tertiary/aromatic N) is 4. The Morgan fingerprint density at radius 3 is 2.58 bits per heavy atom. The van der Waals surface area contributed by atoms with Gasteiger partial charge in [-0.3, -0.25) is 0 Å². The first-order valence-corrected chi connectivity index (χ1v) is 12.0. The van der Waals surface area contributed by atoms with E-state index >= 15 is 0 Å². The van der Waals surface area contributed by atoms with Crippen LogP contribution in [-0.2, 0) is 0 Å². The highest BCUT2D eigenvalue weighted by Crippen LogP contribution is 2.34. The molecular weight excluding hydrogens is 435 g/mol. The fraction of sp³-hybridized carbons (Fsp3) is 0.591. The molecular formula is C22H30Cl2N6O. The van der Waals surface area contributed by atoms with Crippen molar-refractivity contribution in [3.8, 4) is 0 Å². The lowest BCUT2D eigenvalue weighted by Gasteiger charge is -2.33. The average molecular weight is 465 g/mol. The quantitative estimate of drug-likeness (QED) is 0.413. The van der Waals surface area contributed by atoms with Gasteiger partial charge in [-0.15, -0.1) is 11.6 Å². The van der Waals surface area contributed by atoms with Crippen molar-refractivity contribution in [3.63, 3.8) is 0 Å². The number of aliphatic hydroxyl groups is 1. The fourth-order valence-corrected chi connectivity index (χ4v) is 4.89. The van der Waals surface area contributed by atoms with Gasteiger partial charge in [0, 0.05) is 42.1 Å². The number of nitrogens with one attached hydrogen (secondary N) is 2. The van der Waals surface area contributed by atoms with Crippen LogP contribution >= 0.6 is 23.2 Å². The predicted octanol–water partition coefficient (Wildman–Crippen LogP) is 4.40. The Morgan fingerprint density at radius 1 is 1.10 bits per heavy atom. The monoisotopic (exact) mass is 464 g/mol. The van der Waals surface area contributed by atoms with Crippen LogP contribution in [0.1, 0.15) is 50.0 Å². The second-order valence-electron chi connectivity index (χ2n) is 8.44. The van der Waals surface area contributed by atoms with Gasteiger partial charge in [0.2, 0.25) is 5.95 Å². The molecule has 3 N–H and O–H groups in total. The van der Waals surface area contributed by atoms with Gasteiger partial charge in [0.1, 0.15) is 11.0 Å². The summed E-state index contributed by atoms with van der Waals surface area (Å²) in [5, 5.41) is 17.2. The number of aliphatic hydroxyl groups excluding tert-OH is 1. The van der Waals surface area contributed by atoms with Crippen LogP contribution in [0.2, 0.25) is 5.15 Å². The number of hydrogen-bond donors (Lipinski definition) is 3. The molecule has 2 aromatic rings. The highest BCUT2D eigenvalue weighted by Gasteiger charge is 2.26. The van der Waals surface area contributed by atoms with Gasteiger partial charge in [0.25, 0.3) is 0 Å². The van der Waals surface area contributed by atoms with E-state index in [2.05, 4.69) is 25.5 Å².